The molecule has 0 aliphatic carbocycles. The van der Waals surface area contributed by atoms with Gasteiger partial charge in [0.05, 0.1) is 5.39 Å². The normalized spacial score (nSPS) is 11.3. The molecule has 0 fully saturated rings. The molecule has 0 spiro atoms. The summed E-state index contributed by atoms with van der Waals surface area (Å²) in [5, 5.41) is 10.0. The van der Waals surface area contributed by atoms with Crippen molar-refractivity contribution in [3.05, 3.63) is 51.9 Å². The number of esters is 1. The number of benzene rings is 1. The topological polar surface area (TPSA) is 86.0 Å². The molecule has 144 valence electrons. The first kappa shape index (κ1) is 20.3. The van der Waals surface area contributed by atoms with Crippen molar-refractivity contribution in [2.45, 2.75) is 40.5 Å². The van der Waals surface area contributed by atoms with Crippen LogP contribution in [0.1, 0.15) is 40.5 Å². The van der Waals surface area contributed by atoms with E-state index in [-0.39, 0.29) is 29.4 Å². The Morgan fingerprint density at radius 2 is 1.89 bits per heavy atom. The van der Waals surface area contributed by atoms with Crippen molar-refractivity contribution < 1.29 is 23.8 Å². The van der Waals surface area contributed by atoms with Gasteiger partial charge in [-0.3, -0.25) is 4.79 Å². The molecule has 0 saturated heterocycles. The van der Waals surface area contributed by atoms with Gasteiger partial charge in [-0.25, -0.2) is 4.79 Å². The average Bonchev–Trinajstić information content (AvgIpc) is 2.56. The number of phenols is 1. The lowest BCUT2D eigenvalue weighted by Gasteiger charge is -2.11. The second-order valence-corrected chi connectivity index (χ2v) is 6.50. The monoisotopic (exact) mass is 372 g/mol. The van der Waals surface area contributed by atoms with Crippen molar-refractivity contribution in [1.29, 1.82) is 0 Å². The van der Waals surface area contributed by atoms with E-state index in [1.165, 1.54) is 24.6 Å². The largest absolute Gasteiger partial charge is 0.508 e. The summed E-state index contributed by atoms with van der Waals surface area (Å²) in [5.74, 6) is -0.883. The van der Waals surface area contributed by atoms with Crippen molar-refractivity contribution in [3.63, 3.8) is 0 Å². The van der Waals surface area contributed by atoms with Gasteiger partial charge in [-0.1, -0.05) is 17.2 Å². The van der Waals surface area contributed by atoms with E-state index in [0.29, 0.717) is 5.39 Å². The van der Waals surface area contributed by atoms with Crippen LogP contribution in [0.3, 0.4) is 0 Å². The summed E-state index contributed by atoms with van der Waals surface area (Å²) >= 11 is 0. The molecule has 0 bridgehead atoms. The van der Waals surface area contributed by atoms with Gasteiger partial charge in [-0.2, -0.15) is 0 Å². The second kappa shape index (κ2) is 9.07. The fourth-order valence-corrected chi connectivity index (χ4v) is 2.48. The molecule has 6 heteroatoms. The zero-order valence-electron chi connectivity index (χ0n) is 16.0. The van der Waals surface area contributed by atoms with Crippen LogP contribution in [0.2, 0.25) is 0 Å². The SMILES string of the molecule is CC(=O)Oc1c(OC/C=C(\C)CCC=C(C)C)c2ccc(O)cc2oc1=O. The third kappa shape index (κ3) is 5.74. The van der Waals surface area contributed by atoms with Crippen LogP contribution in [-0.2, 0) is 4.79 Å². The number of rotatable bonds is 7. The highest BCUT2D eigenvalue weighted by Crippen LogP contribution is 2.34. The predicted octanol–water partition coefficient (Wildman–Crippen LogP) is 4.50. The van der Waals surface area contributed by atoms with E-state index in [4.69, 9.17) is 13.9 Å². The zero-order chi connectivity index (χ0) is 20.0. The maximum absolute atomic E-state index is 12.2. The number of phenolic OH excluding ortho intramolecular Hbond substituents is 1. The fourth-order valence-electron chi connectivity index (χ4n) is 2.48. The number of allylic oxidation sites excluding steroid dienone is 3. The van der Waals surface area contributed by atoms with Gasteiger partial charge in [0.15, 0.2) is 5.75 Å². The molecule has 0 unspecified atom stereocenters. The molecule has 2 rings (SSSR count). The summed E-state index contributed by atoms with van der Waals surface area (Å²) in [4.78, 5) is 23.5. The second-order valence-electron chi connectivity index (χ2n) is 6.50. The summed E-state index contributed by atoms with van der Waals surface area (Å²) in [6.45, 7) is 7.52. The Labute approximate surface area is 157 Å². The number of hydrogen-bond acceptors (Lipinski definition) is 6. The molecule has 1 aromatic carbocycles. The molecule has 0 atom stereocenters. The summed E-state index contributed by atoms with van der Waals surface area (Å²) < 4.78 is 15.9. The number of fused-ring (bicyclic) bond motifs is 1. The summed E-state index contributed by atoms with van der Waals surface area (Å²) in [6, 6.07) is 4.29. The molecule has 0 aliphatic heterocycles. The van der Waals surface area contributed by atoms with Crippen LogP contribution in [-0.4, -0.2) is 17.7 Å². The number of carbonyl (C=O) groups excluding carboxylic acids is 1. The van der Waals surface area contributed by atoms with Crippen LogP contribution in [0.25, 0.3) is 11.0 Å². The Kier molecular flexibility index (Phi) is 6.82. The molecule has 2 aromatic rings. The molecule has 1 N–H and O–H groups in total. The van der Waals surface area contributed by atoms with Crippen LogP contribution >= 0.6 is 0 Å². The van der Waals surface area contributed by atoms with Crippen LogP contribution in [0.5, 0.6) is 17.2 Å². The van der Waals surface area contributed by atoms with Gasteiger partial charge in [0, 0.05) is 13.0 Å². The lowest BCUT2D eigenvalue weighted by Crippen LogP contribution is -2.13. The van der Waals surface area contributed by atoms with E-state index in [1.54, 1.807) is 6.07 Å². The summed E-state index contributed by atoms with van der Waals surface area (Å²) in [5.41, 5.74) is 1.72. The highest BCUT2D eigenvalue weighted by molar-refractivity contribution is 5.87. The number of ether oxygens (including phenoxy) is 2. The highest BCUT2D eigenvalue weighted by Gasteiger charge is 2.19. The molecular formula is C21H24O6. The Bertz CT molecular complexity index is 945. The number of hydrogen-bond donors (Lipinski definition) is 1. The molecule has 0 aliphatic rings. The van der Waals surface area contributed by atoms with E-state index in [1.807, 2.05) is 13.0 Å². The maximum Gasteiger partial charge on any atom is 0.383 e. The first-order chi connectivity index (χ1) is 12.8. The lowest BCUT2D eigenvalue weighted by atomic mass is 10.1. The molecule has 0 amide bonds. The van der Waals surface area contributed by atoms with Crippen molar-refractivity contribution in [2.75, 3.05) is 6.61 Å². The summed E-state index contributed by atoms with van der Waals surface area (Å²) in [7, 11) is 0. The van der Waals surface area contributed by atoms with E-state index in [0.717, 1.165) is 18.4 Å². The quantitative estimate of drug-likeness (QED) is 0.438. The minimum absolute atomic E-state index is 0.0492. The predicted molar refractivity (Wildman–Crippen MR) is 103 cm³/mol. The fraction of sp³-hybridized carbons (Fsp3) is 0.333. The molecule has 1 aromatic heterocycles. The van der Waals surface area contributed by atoms with E-state index < -0.39 is 11.6 Å². The first-order valence-electron chi connectivity index (χ1n) is 8.68. The van der Waals surface area contributed by atoms with Gasteiger partial charge < -0.3 is 19.0 Å². The van der Waals surface area contributed by atoms with Gasteiger partial charge in [0.2, 0.25) is 0 Å². The Balaban J connectivity index is 2.30. The first-order valence-corrected chi connectivity index (χ1v) is 8.68. The Hall–Kier alpha value is -3.02. The van der Waals surface area contributed by atoms with Crippen molar-refractivity contribution in [3.8, 4) is 17.2 Å². The average molecular weight is 372 g/mol. The maximum atomic E-state index is 12.2. The Morgan fingerprint density at radius 1 is 1.15 bits per heavy atom. The van der Waals surface area contributed by atoms with Crippen LogP contribution in [0.15, 0.2) is 50.7 Å². The number of aromatic hydroxyl groups is 1. The van der Waals surface area contributed by atoms with Crippen molar-refractivity contribution in [2.24, 2.45) is 0 Å². The van der Waals surface area contributed by atoms with Gasteiger partial charge in [0.25, 0.3) is 5.75 Å². The standard InChI is InChI=1S/C21H24O6/c1-13(2)6-5-7-14(3)10-11-25-19-17-9-8-16(23)12-18(17)27-21(24)20(19)26-15(4)22/h6,8-10,12,23H,5,7,11H2,1-4H3/b14-10+. The molecular weight excluding hydrogens is 348 g/mol. The number of carbonyl (C=O) groups is 1. The molecule has 6 nitrogen and oxygen atoms in total. The minimum atomic E-state index is -0.845. The van der Waals surface area contributed by atoms with Crippen molar-refractivity contribution in [1.82, 2.24) is 0 Å². The molecule has 0 saturated carbocycles. The third-order valence-corrected chi connectivity index (χ3v) is 3.80. The molecule has 27 heavy (non-hydrogen) atoms. The van der Waals surface area contributed by atoms with Crippen LogP contribution in [0.4, 0.5) is 0 Å². The molecule has 1 heterocycles. The van der Waals surface area contributed by atoms with Gasteiger partial charge in [-0.15, -0.1) is 0 Å². The summed E-state index contributed by atoms with van der Waals surface area (Å²) in [6.07, 6.45) is 5.92. The Morgan fingerprint density at radius 3 is 2.56 bits per heavy atom. The van der Waals surface area contributed by atoms with E-state index in [2.05, 4.69) is 19.9 Å². The molecule has 0 radical (unpaired) electrons. The van der Waals surface area contributed by atoms with Gasteiger partial charge in [-0.05, 0) is 51.8 Å². The minimum Gasteiger partial charge on any atom is -0.508 e. The van der Waals surface area contributed by atoms with Crippen LogP contribution in [0, 0.1) is 0 Å². The van der Waals surface area contributed by atoms with Gasteiger partial charge in [0.1, 0.15) is 17.9 Å². The van der Waals surface area contributed by atoms with Crippen LogP contribution < -0.4 is 15.1 Å². The lowest BCUT2D eigenvalue weighted by molar-refractivity contribution is -0.132. The van der Waals surface area contributed by atoms with E-state index in [9.17, 15) is 14.7 Å². The third-order valence-electron chi connectivity index (χ3n) is 3.80. The van der Waals surface area contributed by atoms with Gasteiger partial charge >= 0.3 is 11.6 Å². The van der Waals surface area contributed by atoms with Crippen molar-refractivity contribution >= 4 is 16.9 Å². The highest BCUT2D eigenvalue weighted by atomic mass is 16.6. The van der Waals surface area contributed by atoms with E-state index >= 15 is 0 Å². The smallest absolute Gasteiger partial charge is 0.383 e. The zero-order valence-corrected chi connectivity index (χ0v) is 16.0.